The second kappa shape index (κ2) is 10.1. The Balaban J connectivity index is 1.51. The van der Waals surface area contributed by atoms with Crippen molar-refractivity contribution in [3.8, 4) is 5.75 Å². The number of ether oxygens (including phenoxy) is 2. The molecular formula is C24H25N3O5. The number of nitrogens with zero attached hydrogens (tertiary/aromatic N) is 3. The molecule has 1 unspecified atom stereocenters. The molecule has 1 aromatic carbocycles. The Morgan fingerprint density at radius 2 is 1.97 bits per heavy atom. The van der Waals surface area contributed by atoms with Crippen LogP contribution in [0.4, 0.5) is 0 Å². The van der Waals surface area contributed by atoms with Gasteiger partial charge in [-0.15, -0.1) is 0 Å². The van der Waals surface area contributed by atoms with E-state index in [0.29, 0.717) is 19.7 Å². The van der Waals surface area contributed by atoms with Gasteiger partial charge in [-0.2, -0.15) is 0 Å². The van der Waals surface area contributed by atoms with Crippen LogP contribution in [0.3, 0.4) is 0 Å². The summed E-state index contributed by atoms with van der Waals surface area (Å²) in [6, 6.07) is 14.6. The summed E-state index contributed by atoms with van der Waals surface area (Å²) in [4.78, 5) is 33.3. The summed E-state index contributed by atoms with van der Waals surface area (Å²) >= 11 is 0. The third-order valence-electron chi connectivity index (χ3n) is 5.29. The van der Waals surface area contributed by atoms with E-state index in [2.05, 4.69) is 4.98 Å². The number of rotatable bonds is 7. The average molecular weight is 435 g/mol. The fourth-order valence-electron chi connectivity index (χ4n) is 3.60. The largest absolute Gasteiger partial charge is 0.497 e. The van der Waals surface area contributed by atoms with E-state index in [-0.39, 0.29) is 36.8 Å². The summed E-state index contributed by atoms with van der Waals surface area (Å²) in [6.07, 6.45) is 4.52. The molecule has 2 aromatic heterocycles. The summed E-state index contributed by atoms with van der Waals surface area (Å²) < 4.78 is 16.6. The van der Waals surface area contributed by atoms with Crippen molar-refractivity contribution in [3.63, 3.8) is 0 Å². The Morgan fingerprint density at radius 1 is 1.12 bits per heavy atom. The Hall–Kier alpha value is -3.65. The Kier molecular flexibility index (Phi) is 6.81. The van der Waals surface area contributed by atoms with Crippen LogP contribution < -0.4 is 4.74 Å². The van der Waals surface area contributed by atoms with Gasteiger partial charge in [-0.3, -0.25) is 14.6 Å². The van der Waals surface area contributed by atoms with Crippen molar-refractivity contribution in [2.24, 2.45) is 0 Å². The fourth-order valence-corrected chi connectivity index (χ4v) is 3.60. The van der Waals surface area contributed by atoms with Crippen LogP contribution in [0.2, 0.25) is 0 Å². The van der Waals surface area contributed by atoms with Crippen molar-refractivity contribution in [1.29, 1.82) is 0 Å². The molecule has 3 heterocycles. The zero-order chi connectivity index (χ0) is 22.3. The molecule has 3 aromatic rings. The van der Waals surface area contributed by atoms with Crippen molar-refractivity contribution in [3.05, 3.63) is 84.1 Å². The van der Waals surface area contributed by atoms with E-state index in [1.807, 2.05) is 36.4 Å². The highest BCUT2D eigenvalue weighted by Gasteiger charge is 2.32. The number of furan rings is 1. The number of hydrogen-bond donors (Lipinski definition) is 0. The second-order valence-corrected chi connectivity index (χ2v) is 7.58. The molecule has 0 radical (unpaired) electrons. The van der Waals surface area contributed by atoms with E-state index in [1.54, 1.807) is 36.5 Å². The second-order valence-electron chi connectivity index (χ2n) is 7.58. The van der Waals surface area contributed by atoms with Gasteiger partial charge >= 0.3 is 0 Å². The van der Waals surface area contributed by atoms with Crippen molar-refractivity contribution < 1.29 is 23.5 Å². The summed E-state index contributed by atoms with van der Waals surface area (Å²) in [7, 11) is 1.61. The van der Waals surface area contributed by atoms with Crippen molar-refractivity contribution in [2.75, 3.05) is 26.7 Å². The molecule has 1 fully saturated rings. The molecule has 32 heavy (non-hydrogen) atoms. The summed E-state index contributed by atoms with van der Waals surface area (Å²) in [5.74, 6) is 0.481. The lowest BCUT2D eigenvalue weighted by Crippen LogP contribution is -2.39. The average Bonchev–Trinajstić information content (AvgIpc) is 3.32. The zero-order valence-electron chi connectivity index (χ0n) is 17.8. The van der Waals surface area contributed by atoms with Gasteiger partial charge in [0.2, 0.25) is 5.91 Å². The van der Waals surface area contributed by atoms with Gasteiger partial charge in [0.25, 0.3) is 5.91 Å². The molecule has 1 aliphatic rings. The summed E-state index contributed by atoms with van der Waals surface area (Å²) in [5, 5.41) is 0. The lowest BCUT2D eigenvalue weighted by molar-refractivity contribution is -0.132. The standard InChI is InChI=1S/C24H25N3O5/c1-30-20-8-6-18(7-9-20)13-26-14-21(32-17-19-4-2-10-25-12-19)15-27(16-23(26)28)24(29)22-5-3-11-31-22/h2-12,21H,13-17H2,1H3. The maximum atomic E-state index is 13.1. The monoisotopic (exact) mass is 435 g/mol. The maximum absolute atomic E-state index is 13.1. The molecule has 4 rings (SSSR count). The molecule has 8 nitrogen and oxygen atoms in total. The number of hydrogen-bond acceptors (Lipinski definition) is 6. The predicted octanol–water partition coefficient (Wildman–Crippen LogP) is 2.75. The zero-order valence-corrected chi connectivity index (χ0v) is 17.8. The van der Waals surface area contributed by atoms with Crippen LogP contribution in [0.25, 0.3) is 0 Å². The van der Waals surface area contributed by atoms with E-state index in [1.165, 1.54) is 11.2 Å². The van der Waals surface area contributed by atoms with Crippen molar-refractivity contribution in [2.45, 2.75) is 19.3 Å². The molecule has 1 saturated heterocycles. The Bertz CT molecular complexity index is 1020. The van der Waals surface area contributed by atoms with Crippen molar-refractivity contribution >= 4 is 11.8 Å². The Morgan fingerprint density at radius 3 is 2.66 bits per heavy atom. The van der Waals surface area contributed by atoms with E-state index in [4.69, 9.17) is 13.9 Å². The number of methoxy groups -OCH3 is 1. The quantitative estimate of drug-likeness (QED) is 0.567. The highest BCUT2D eigenvalue weighted by atomic mass is 16.5. The first-order chi connectivity index (χ1) is 15.6. The third-order valence-corrected chi connectivity index (χ3v) is 5.29. The molecule has 8 heteroatoms. The molecule has 0 aliphatic carbocycles. The first-order valence-electron chi connectivity index (χ1n) is 10.4. The first kappa shape index (κ1) is 21.6. The van der Waals surface area contributed by atoms with Crippen LogP contribution in [0.1, 0.15) is 21.7 Å². The number of aromatic nitrogens is 1. The van der Waals surface area contributed by atoms with Crippen LogP contribution in [0.15, 0.2) is 71.6 Å². The van der Waals surface area contributed by atoms with Gasteiger partial charge in [0.05, 0.1) is 26.1 Å². The van der Waals surface area contributed by atoms with E-state index in [9.17, 15) is 9.59 Å². The summed E-state index contributed by atoms with van der Waals surface area (Å²) in [6.45, 7) is 1.37. The minimum absolute atomic E-state index is 0.0392. The third kappa shape index (κ3) is 5.33. The van der Waals surface area contributed by atoms with Gasteiger partial charge in [0, 0.05) is 32.0 Å². The minimum atomic E-state index is -0.362. The van der Waals surface area contributed by atoms with Crippen molar-refractivity contribution in [1.82, 2.24) is 14.8 Å². The van der Waals surface area contributed by atoms with Crippen LogP contribution in [0.5, 0.6) is 5.75 Å². The Labute approximate surface area is 186 Å². The van der Waals surface area contributed by atoms with E-state index < -0.39 is 0 Å². The van der Waals surface area contributed by atoms with Crippen LogP contribution in [-0.2, 0) is 22.7 Å². The highest BCUT2D eigenvalue weighted by molar-refractivity contribution is 5.94. The molecular weight excluding hydrogens is 410 g/mol. The number of pyridine rings is 1. The van der Waals surface area contributed by atoms with Gasteiger partial charge in [0.1, 0.15) is 12.3 Å². The maximum Gasteiger partial charge on any atom is 0.290 e. The SMILES string of the molecule is COc1ccc(CN2CC(OCc3cccnc3)CN(C(=O)c3ccco3)CC2=O)cc1. The molecule has 2 amide bonds. The molecule has 1 atom stereocenters. The lowest BCUT2D eigenvalue weighted by atomic mass is 10.2. The number of carbonyl (C=O) groups excluding carboxylic acids is 2. The fraction of sp³-hybridized carbons (Fsp3) is 0.292. The molecule has 0 bridgehead atoms. The number of benzene rings is 1. The van der Waals surface area contributed by atoms with Gasteiger partial charge in [-0.1, -0.05) is 18.2 Å². The highest BCUT2D eigenvalue weighted by Crippen LogP contribution is 2.18. The first-order valence-corrected chi connectivity index (χ1v) is 10.4. The van der Waals surface area contributed by atoms with Gasteiger partial charge in [-0.25, -0.2) is 0 Å². The van der Waals surface area contributed by atoms with Gasteiger partial charge in [-0.05, 0) is 41.5 Å². The van der Waals surface area contributed by atoms with Gasteiger partial charge in [0.15, 0.2) is 5.76 Å². The molecule has 0 saturated carbocycles. The van der Waals surface area contributed by atoms with E-state index in [0.717, 1.165) is 16.9 Å². The van der Waals surface area contributed by atoms with Gasteiger partial charge < -0.3 is 23.7 Å². The normalized spacial score (nSPS) is 16.7. The summed E-state index contributed by atoms with van der Waals surface area (Å²) in [5.41, 5.74) is 1.89. The minimum Gasteiger partial charge on any atom is -0.497 e. The molecule has 166 valence electrons. The molecule has 0 spiro atoms. The number of carbonyl (C=O) groups is 2. The topological polar surface area (TPSA) is 85.1 Å². The number of amides is 2. The predicted molar refractivity (Wildman–Crippen MR) is 116 cm³/mol. The smallest absolute Gasteiger partial charge is 0.290 e. The van der Waals surface area contributed by atoms with Crippen LogP contribution in [0, 0.1) is 0 Å². The molecule has 0 N–H and O–H groups in total. The van der Waals surface area contributed by atoms with E-state index >= 15 is 0 Å². The lowest BCUT2D eigenvalue weighted by Gasteiger charge is -2.25. The van der Waals surface area contributed by atoms with Crippen LogP contribution >= 0.6 is 0 Å². The van der Waals surface area contributed by atoms with Crippen LogP contribution in [-0.4, -0.2) is 59.4 Å². The molecule has 1 aliphatic heterocycles.